The van der Waals surface area contributed by atoms with Crippen molar-refractivity contribution in [2.75, 3.05) is 14.2 Å². The monoisotopic (exact) mass is 415 g/mol. The summed E-state index contributed by atoms with van der Waals surface area (Å²) in [6.45, 7) is 5.42. The third kappa shape index (κ3) is 5.66. The van der Waals surface area contributed by atoms with E-state index in [0.29, 0.717) is 0 Å². The average molecular weight is 416 g/mol. The molecule has 1 N–H and O–H groups in total. The van der Waals surface area contributed by atoms with E-state index in [9.17, 15) is 9.90 Å². The van der Waals surface area contributed by atoms with E-state index >= 15 is 0 Å². The van der Waals surface area contributed by atoms with Crippen molar-refractivity contribution >= 4 is 39.4 Å². The predicted octanol–water partition coefficient (Wildman–Crippen LogP) is 5.82. The largest absolute Gasteiger partial charge is 0.497 e. The molecule has 28 heavy (non-hydrogen) atoms. The van der Waals surface area contributed by atoms with Gasteiger partial charge in [0.25, 0.3) is 0 Å². The van der Waals surface area contributed by atoms with Gasteiger partial charge >= 0.3 is 5.97 Å². The molecule has 0 radical (unpaired) electrons. The maximum Gasteiger partial charge on any atom is 0.319 e. The second kappa shape index (κ2) is 9.85. The lowest BCUT2D eigenvalue weighted by Gasteiger charge is -2.18. The van der Waals surface area contributed by atoms with Crippen LogP contribution in [0.25, 0.3) is 4.91 Å². The second-order valence-electron chi connectivity index (χ2n) is 6.45. The Morgan fingerprint density at radius 1 is 1.07 bits per heavy atom. The number of benzene rings is 2. The fourth-order valence-electron chi connectivity index (χ4n) is 2.38. The molecular formula is C22H25NO3S2. The highest BCUT2D eigenvalue weighted by Crippen LogP contribution is 2.35. The van der Waals surface area contributed by atoms with E-state index in [-0.39, 0.29) is 0 Å². The van der Waals surface area contributed by atoms with Crippen molar-refractivity contribution in [3.8, 4) is 5.75 Å². The van der Waals surface area contributed by atoms with Crippen LogP contribution in [-0.4, -0.2) is 35.0 Å². The minimum absolute atomic E-state index is 0.825. The zero-order chi connectivity index (χ0) is 20.7. The van der Waals surface area contributed by atoms with Gasteiger partial charge in [0.1, 0.15) is 15.5 Å². The summed E-state index contributed by atoms with van der Waals surface area (Å²) in [6, 6.07) is 15.8. The topological polar surface area (TPSA) is 58.9 Å². The fourth-order valence-corrected chi connectivity index (χ4v) is 4.26. The molecule has 4 nitrogen and oxygen atoms in total. The summed E-state index contributed by atoms with van der Waals surface area (Å²) in [5.41, 5.74) is 2.10. The van der Waals surface area contributed by atoms with Crippen molar-refractivity contribution in [3.05, 3.63) is 65.7 Å². The van der Waals surface area contributed by atoms with Gasteiger partial charge in [-0.25, -0.2) is 0 Å². The number of aliphatic imine (C=N–C) groups is 1. The quantitative estimate of drug-likeness (QED) is 0.351. The smallest absolute Gasteiger partial charge is 0.319 e. The van der Waals surface area contributed by atoms with E-state index in [1.807, 2.05) is 55.5 Å². The maximum atomic E-state index is 11.3. The SMILES string of the molecule is C/C=C(/SC(=NC)c1ccc(SC(C)(C)C(=O)O)cc1)c1ccc(OC)cc1. The summed E-state index contributed by atoms with van der Waals surface area (Å²) in [7, 11) is 3.43. The Kier molecular flexibility index (Phi) is 7.78. The minimum Gasteiger partial charge on any atom is -0.497 e. The number of allylic oxidation sites excluding steroid dienone is 1. The summed E-state index contributed by atoms with van der Waals surface area (Å²) in [5.74, 6) is -0.00360. The number of carbonyl (C=O) groups is 1. The molecule has 2 aromatic carbocycles. The Bertz CT molecular complexity index is 870. The zero-order valence-corrected chi connectivity index (χ0v) is 18.4. The highest BCUT2D eigenvalue weighted by Gasteiger charge is 2.28. The van der Waals surface area contributed by atoms with Gasteiger partial charge in [0, 0.05) is 22.4 Å². The van der Waals surface area contributed by atoms with E-state index in [0.717, 1.165) is 31.7 Å². The van der Waals surface area contributed by atoms with Crippen LogP contribution in [0, 0.1) is 0 Å². The Labute approximate surface area is 175 Å². The van der Waals surface area contributed by atoms with Gasteiger partial charge in [0.05, 0.1) is 7.11 Å². The van der Waals surface area contributed by atoms with Crippen LogP contribution in [0.2, 0.25) is 0 Å². The average Bonchev–Trinajstić information content (AvgIpc) is 2.69. The summed E-state index contributed by atoms with van der Waals surface area (Å²) < 4.78 is 4.36. The Hall–Kier alpha value is -2.18. The van der Waals surface area contributed by atoms with Gasteiger partial charge in [-0.2, -0.15) is 0 Å². The lowest BCUT2D eigenvalue weighted by atomic mass is 10.2. The molecule has 0 amide bonds. The molecule has 0 heterocycles. The first-order valence-electron chi connectivity index (χ1n) is 8.79. The van der Waals surface area contributed by atoms with Gasteiger partial charge in [0.2, 0.25) is 0 Å². The van der Waals surface area contributed by atoms with Gasteiger partial charge in [-0.1, -0.05) is 42.1 Å². The fraction of sp³-hybridized carbons (Fsp3) is 0.273. The number of carboxylic acid groups (broad SMARTS) is 1. The first-order valence-corrected chi connectivity index (χ1v) is 10.4. The van der Waals surface area contributed by atoms with Gasteiger partial charge < -0.3 is 9.84 Å². The van der Waals surface area contributed by atoms with Crippen molar-refractivity contribution in [1.29, 1.82) is 0 Å². The van der Waals surface area contributed by atoms with E-state index in [1.54, 1.807) is 39.8 Å². The minimum atomic E-state index is -0.871. The Balaban J connectivity index is 2.17. The van der Waals surface area contributed by atoms with Crippen LogP contribution in [-0.2, 0) is 4.79 Å². The van der Waals surface area contributed by atoms with Crippen LogP contribution in [0.4, 0.5) is 0 Å². The van der Waals surface area contributed by atoms with E-state index in [4.69, 9.17) is 4.74 Å². The van der Waals surface area contributed by atoms with E-state index < -0.39 is 10.7 Å². The molecule has 0 unspecified atom stereocenters. The molecule has 0 aromatic heterocycles. The van der Waals surface area contributed by atoms with Crippen molar-refractivity contribution in [2.24, 2.45) is 4.99 Å². The molecule has 2 aromatic rings. The van der Waals surface area contributed by atoms with Crippen LogP contribution in [0.5, 0.6) is 5.75 Å². The molecular weight excluding hydrogens is 390 g/mol. The molecule has 0 spiro atoms. The lowest BCUT2D eigenvalue weighted by Crippen LogP contribution is -2.26. The van der Waals surface area contributed by atoms with Crippen LogP contribution >= 0.6 is 23.5 Å². The zero-order valence-electron chi connectivity index (χ0n) is 16.7. The summed E-state index contributed by atoms with van der Waals surface area (Å²) in [4.78, 5) is 17.8. The van der Waals surface area contributed by atoms with Crippen LogP contribution in [0.15, 0.2) is 64.5 Å². The molecule has 0 saturated carbocycles. The summed E-state index contributed by atoms with van der Waals surface area (Å²) in [5, 5.41) is 10.2. The van der Waals surface area contributed by atoms with Crippen molar-refractivity contribution in [1.82, 2.24) is 0 Å². The third-order valence-corrected chi connectivity index (χ3v) is 6.53. The van der Waals surface area contributed by atoms with Gasteiger partial charge in [-0.05, 0) is 50.6 Å². The van der Waals surface area contributed by atoms with Gasteiger partial charge in [-0.15, -0.1) is 11.8 Å². The molecule has 0 aliphatic rings. The highest BCUT2D eigenvalue weighted by atomic mass is 32.2. The molecule has 2 rings (SSSR count). The number of methoxy groups -OCH3 is 1. The molecule has 0 saturated heterocycles. The first-order chi connectivity index (χ1) is 13.3. The number of hydrogen-bond donors (Lipinski definition) is 1. The molecule has 148 valence electrons. The summed E-state index contributed by atoms with van der Waals surface area (Å²) >= 11 is 2.93. The molecule has 0 bridgehead atoms. The molecule has 6 heteroatoms. The van der Waals surface area contributed by atoms with Crippen molar-refractivity contribution in [3.63, 3.8) is 0 Å². The second-order valence-corrected chi connectivity index (χ2v) is 9.18. The van der Waals surface area contributed by atoms with Crippen LogP contribution in [0.3, 0.4) is 0 Å². The first kappa shape index (κ1) is 22.1. The van der Waals surface area contributed by atoms with Gasteiger partial charge in [0.15, 0.2) is 0 Å². The van der Waals surface area contributed by atoms with Crippen molar-refractivity contribution in [2.45, 2.75) is 30.4 Å². The highest BCUT2D eigenvalue weighted by molar-refractivity contribution is 8.22. The van der Waals surface area contributed by atoms with Gasteiger partial charge in [-0.3, -0.25) is 9.79 Å². The number of carboxylic acids is 1. The standard InChI is InChI=1S/C22H25NO3S2/c1-6-19(15-7-11-17(26-5)12-8-15)27-20(23-4)16-9-13-18(14-10-16)28-22(2,3)21(24)25/h6-14H,1-5H3,(H,24,25)/b19-6+,23-20?. The molecule has 0 atom stereocenters. The third-order valence-electron chi connectivity index (χ3n) is 4.04. The Morgan fingerprint density at radius 3 is 2.11 bits per heavy atom. The molecule has 0 aliphatic carbocycles. The predicted molar refractivity (Wildman–Crippen MR) is 121 cm³/mol. The Morgan fingerprint density at radius 2 is 1.64 bits per heavy atom. The van der Waals surface area contributed by atoms with Crippen molar-refractivity contribution < 1.29 is 14.6 Å². The maximum absolute atomic E-state index is 11.3. The number of ether oxygens (including phenoxy) is 1. The number of nitrogens with zero attached hydrogens (tertiary/aromatic N) is 1. The normalized spacial score (nSPS) is 12.8. The lowest BCUT2D eigenvalue weighted by molar-refractivity contribution is -0.138. The number of rotatable bonds is 7. The summed E-state index contributed by atoms with van der Waals surface area (Å²) in [6.07, 6.45) is 2.07. The van der Waals surface area contributed by atoms with E-state index in [2.05, 4.69) is 11.1 Å². The number of thioether (sulfide) groups is 2. The van der Waals surface area contributed by atoms with Crippen LogP contribution < -0.4 is 4.74 Å². The molecule has 0 aliphatic heterocycles. The number of aliphatic carboxylic acids is 1. The van der Waals surface area contributed by atoms with Crippen LogP contribution in [0.1, 0.15) is 31.9 Å². The number of hydrogen-bond acceptors (Lipinski definition) is 5. The molecule has 0 fully saturated rings. The van der Waals surface area contributed by atoms with E-state index in [1.165, 1.54) is 11.8 Å².